The van der Waals surface area contributed by atoms with Gasteiger partial charge in [0, 0.05) is 13.0 Å². The van der Waals surface area contributed by atoms with E-state index in [2.05, 4.69) is 6.92 Å². The number of rotatable bonds is 7. The highest BCUT2D eigenvalue weighted by atomic mass is 16.5. The fraction of sp³-hybridized carbons (Fsp3) is 0.900. The van der Waals surface area contributed by atoms with Crippen molar-refractivity contribution in [3.8, 4) is 0 Å². The van der Waals surface area contributed by atoms with E-state index in [0.717, 1.165) is 19.1 Å². The van der Waals surface area contributed by atoms with Crippen molar-refractivity contribution in [3.63, 3.8) is 0 Å². The standard InChI is InChI=1S/C10H20O2/c1-4-5-6-7-10(12-3)9(2)8-11/h8-10H,4-7H2,1-3H3. The van der Waals surface area contributed by atoms with Crippen LogP contribution in [0.1, 0.15) is 39.5 Å². The van der Waals surface area contributed by atoms with Gasteiger partial charge < -0.3 is 9.53 Å². The Labute approximate surface area is 75.3 Å². The molecule has 0 aromatic heterocycles. The molecule has 2 heteroatoms. The third-order valence-corrected chi connectivity index (χ3v) is 2.20. The zero-order valence-corrected chi connectivity index (χ0v) is 8.38. The molecule has 0 fully saturated rings. The summed E-state index contributed by atoms with van der Waals surface area (Å²) in [5, 5.41) is 0. The monoisotopic (exact) mass is 172 g/mol. The molecule has 2 atom stereocenters. The van der Waals surface area contributed by atoms with Crippen molar-refractivity contribution in [1.29, 1.82) is 0 Å². The first kappa shape index (κ1) is 11.6. The molecule has 0 aliphatic rings. The van der Waals surface area contributed by atoms with E-state index in [1.807, 2.05) is 6.92 Å². The average molecular weight is 172 g/mol. The van der Waals surface area contributed by atoms with Crippen molar-refractivity contribution in [3.05, 3.63) is 0 Å². The van der Waals surface area contributed by atoms with Crippen LogP contribution < -0.4 is 0 Å². The zero-order chi connectivity index (χ0) is 9.40. The highest BCUT2D eigenvalue weighted by Gasteiger charge is 2.14. The van der Waals surface area contributed by atoms with Gasteiger partial charge in [-0.2, -0.15) is 0 Å². The van der Waals surface area contributed by atoms with Crippen LogP contribution in [-0.4, -0.2) is 19.5 Å². The maximum absolute atomic E-state index is 10.5. The number of carbonyl (C=O) groups is 1. The van der Waals surface area contributed by atoms with Gasteiger partial charge in [0.15, 0.2) is 0 Å². The summed E-state index contributed by atoms with van der Waals surface area (Å²) in [6, 6.07) is 0. The maximum atomic E-state index is 10.5. The summed E-state index contributed by atoms with van der Waals surface area (Å²) >= 11 is 0. The molecule has 0 amide bonds. The molecular weight excluding hydrogens is 152 g/mol. The first-order chi connectivity index (χ1) is 5.76. The van der Waals surface area contributed by atoms with Crippen LogP contribution in [0.25, 0.3) is 0 Å². The van der Waals surface area contributed by atoms with Gasteiger partial charge >= 0.3 is 0 Å². The van der Waals surface area contributed by atoms with Crippen LogP contribution in [0.5, 0.6) is 0 Å². The quantitative estimate of drug-likeness (QED) is 0.435. The third kappa shape index (κ3) is 4.50. The lowest BCUT2D eigenvalue weighted by Gasteiger charge is -2.17. The van der Waals surface area contributed by atoms with E-state index in [0.29, 0.717) is 0 Å². The molecule has 0 bridgehead atoms. The molecule has 12 heavy (non-hydrogen) atoms. The van der Waals surface area contributed by atoms with Crippen LogP contribution in [0.15, 0.2) is 0 Å². The van der Waals surface area contributed by atoms with Gasteiger partial charge in [0.2, 0.25) is 0 Å². The maximum Gasteiger partial charge on any atom is 0.125 e. The molecule has 0 aliphatic heterocycles. The number of hydrogen-bond acceptors (Lipinski definition) is 2. The van der Waals surface area contributed by atoms with Crippen LogP contribution >= 0.6 is 0 Å². The number of unbranched alkanes of at least 4 members (excludes halogenated alkanes) is 2. The molecule has 0 heterocycles. The fourth-order valence-electron chi connectivity index (χ4n) is 1.28. The number of methoxy groups -OCH3 is 1. The lowest BCUT2D eigenvalue weighted by Crippen LogP contribution is -2.21. The van der Waals surface area contributed by atoms with Crippen molar-refractivity contribution < 1.29 is 9.53 Å². The minimum absolute atomic E-state index is 0.0341. The smallest absolute Gasteiger partial charge is 0.125 e. The van der Waals surface area contributed by atoms with Gasteiger partial charge in [-0.25, -0.2) is 0 Å². The van der Waals surface area contributed by atoms with E-state index in [-0.39, 0.29) is 12.0 Å². The molecule has 0 N–H and O–H groups in total. The minimum atomic E-state index is 0.0341. The highest BCUT2D eigenvalue weighted by Crippen LogP contribution is 2.12. The number of hydrogen-bond donors (Lipinski definition) is 0. The molecule has 0 aliphatic carbocycles. The lowest BCUT2D eigenvalue weighted by atomic mass is 10.0. The summed E-state index contributed by atoms with van der Waals surface area (Å²) in [5.74, 6) is 0.0341. The van der Waals surface area contributed by atoms with Crippen LogP contribution in [0.4, 0.5) is 0 Å². The van der Waals surface area contributed by atoms with Crippen molar-refractivity contribution >= 4 is 6.29 Å². The van der Waals surface area contributed by atoms with Crippen LogP contribution in [-0.2, 0) is 9.53 Å². The number of aldehydes is 1. The Morgan fingerprint density at radius 3 is 2.50 bits per heavy atom. The Kier molecular flexibility index (Phi) is 7.06. The lowest BCUT2D eigenvalue weighted by molar-refractivity contribution is -0.114. The van der Waals surface area contributed by atoms with E-state index in [4.69, 9.17) is 4.74 Å². The van der Waals surface area contributed by atoms with Crippen LogP contribution in [0, 0.1) is 5.92 Å². The predicted octanol–water partition coefficient (Wildman–Crippen LogP) is 2.42. The Morgan fingerprint density at radius 1 is 1.42 bits per heavy atom. The molecular formula is C10H20O2. The van der Waals surface area contributed by atoms with Crippen molar-refractivity contribution in [2.45, 2.75) is 45.6 Å². The highest BCUT2D eigenvalue weighted by molar-refractivity contribution is 5.53. The second-order valence-corrected chi connectivity index (χ2v) is 3.27. The Morgan fingerprint density at radius 2 is 2.08 bits per heavy atom. The van der Waals surface area contributed by atoms with Gasteiger partial charge in [-0.05, 0) is 6.42 Å². The van der Waals surface area contributed by atoms with Gasteiger partial charge in [0.25, 0.3) is 0 Å². The second-order valence-electron chi connectivity index (χ2n) is 3.27. The first-order valence-corrected chi connectivity index (χ1v) is 4.74. The van der Waals surface area contributed by atoms with E-state index in [9.17, 15) is 4.79 Å². The number of ether oxygens (including phenoxy) is 1. The normalized spacial score (nSPS) is 15.6. The van der Waals surface area contributed by atoms with Crippen molar-refractivity contribution in [2.24, 2.45) is 5.92 Å². The van der Waals surface area contributed by atoms with Crippen molar-refractivity contribution in [2.75, 3.05) is 7.11 Å². The van der Waals surface area contributed by atoms with Gasteiger partial charge in [-0.3, -0.25) is 0 Å². The molecule has 0 aromatic rings. The molecule has 2 unspecified atom stereocenters. The SMILES string of the molecule is CCCCCC(OC)C(C)C=O. The van der Waals surface area contributed by atoms with Gasteiger partial charge in [0.1, 0.15) is 6.29 Å². The Hall–Kier alpha value is -0.370. The second kappa shape index (κ2) is 7.29. The number of carbonyl (C=O) groups excluding carboxylic acids is 1. The topological polar surface area (TPSA) is 26.3 Å². The fourth-order valence-corrected chi connectivity index (χ4v) is 1.28. The van der Waals surface area contributed by atoms with E-state index >= 15 is 0 Å². The van der Waals surface area contributed by atoms with Crippen LogP contribution in [0.3, 0.4) is 0 Å². The summed E-state index contributed by atoms with van der Waals surface area (Å²) in [4.78, 5) is 10.5. The van der Waals surface area contributed by atoms with Crippen LogP contribution in [0.2, 0.25) is 0 Å². The third-order valence-electron chi connectivity index (χ3n) is 2.20. The summed E-state index contributed by atoms with van der Waals surface area (Å²) < 4.78 is 5.22. The van der Waals surface area contributed by atoms with Gasteiger partial charge in [0.05, 0.1) is 6.10 Å². The Balaban J connectivity index is 3.59. The molecule has 0 rings (SSSR count). The van der Waals surface area contributed by atoms with E-state index < -0.39 is 0 Å². The minimum Gasteiger partial charge on any atom is -0.381 e. The average Bonchev–Trinajstić information content (AvgIpc) is 2.11. The molecule has 0 saturated heterocycles. The largest absolute Gasteiger partial charge is 0.381 e. The van der Waals surface area contributed by atoms with E-state index in [1.165, 1.54) is 12.8 Å². The molecule has 0 aromatic carbocycles. The molecule has 2 nitrogen and oxygen atoms in total. The summed E-state index contributed by atoms with van der Waals surface area (Å²) in [7, 11) is 1.68. The summed E-state index contributed by atoms with van der Waals surface area (Å²) in [6.07, 6.45) is 5.70. The molecule has 0 radical (unpaired) electrons. The van der Waals surface area contributed by atoms with Crippen molar-refractivity contribution in [1.82, 2.24) is 0 Å². The predicted molar refractivity (Wildman–Crippen MR) is 50.2 cm³/mol. The molecule has 72 valence electrons. The Bertz CT molecular complexity index is 112. The molecule has 0 saturated carbocycles. The summed E-state index contributed by atoms with van der Waals surface area (Å²) in [5.41, 5.74) is 0. The van der Waals surface area contributed by atoms with E-state index in [1.54, 1.807) is 7.11 Å². The van der Waals surface area contributed by atoms with Gasteiger partial charge in [-0.1, -0.05) is 33.1 Å². The molecule has 0 spiro atoms. The zero-order valence-electron chi connectivity index (χ0n) is 8.38. The first-order valence-electron chi connectivity index (χ1n) is 4.74. The summed E-state index contributed by atoms with van der Waals surface area (Å²) in [6.45, 7) is 4.08. The van der Waals surface area contributed by atoms with Gasteiger partial charge in [-0.15, -0.1) is 0 Å².